The Morgan fingerprint density at radius 3 is 3.07 bits per heavy atom. The van der Waals surface area contributed by atoms with Gasteiger partial charge in [0.05, 0.1) is 6.61 Å². The molecule has 0 atom stereocenters. The standard InChI is InChI=1S/C12H17NO/c1-9(2)8-14-11-3-4-12-10(7-11)5-6-13-12/h3-4,7,9,13H,5-6,8H2,1-2H3. The Kier molecular flexibility index (Phi) is 2.62. The van der Waals surface area contributed by atoms with E-state index in [0.717, 1.165) is 25.3 Å². The molecule has 1 aromatic rings. The third-order valence-corrected chi connectivity index (χ3v) is 2.37. The van der Waals surface area contributed by atoms with Gasteiger partial charge in [0, 0.05) is 12.2 Å². The van der Waals surface area contributed by atoms with Crippen molar-refractivity contribution in [3.8, 4) is 5.75 Å². The van der Waals surface area contributed by atoms with Crippen LogP contribution in [0.5, 0.6) is 5.75 Å². The molecular formula is C12H17NO. The summed E-state index contributed by atoms with van der Waals surface area (Å²) in [4.78, 5) is 0. The van der Waals surface area contributed by atoms with Gasteiger partial charge in [0.15, 0.2) is 0 Å². The molecule has 0 radical (unpaired) electrons. The molecule has 2 heteroatoms. The Morgan fingerprint density at radius 1 is 1.43 bits per heavy atom. The van der Waals surface area contributed by atoms with Crippen molar-refractivity contribution in [3.05, 3.63) is 23.8 Å². The molecule has 1 aromatic carbocycles. The number of hydrogen-bond donors (Lipinski definition) is 1. The largest absolute Gasteiger partial charge is 0.493 e. The smallest absolute Gasteiger partial charge is 0.119 e. The highest BCUT2D eigenvalue weighted by Gasteiger charge is 2.10. The minimum Gasteiger partial charge on any atom is -0.493 e. The van der Waals surface area contributed by atoms with Crippen LogP contribution in [0.15, 0.2) is 18.2 Å². The van der Waals surface area contributed by atoms with Crippen LogP contribution < -0.4 is 10.1 Å². The molecule has 1 N–H and O–H groups in total. The first-order valence-electron chi connectivity index (χ1n) is 5.25. The van der Waals surface area contributed by atoms with Gasteiger partial charge in [-0.15, -0.1) is 0 Å². The maximum absolute atomic E-state index is 5.66. The molecule has 0 unspecified atom stereocenters. The second-order valence-corrected chi connectivity index (χ2v) is 4.20. The molecule has 0 aromatic heterocycles. The summed E-state index contributed by atoms with van der Waals surface area (Å²) in [6.07, 6.45) is 1.12. The quantitative estimate of drug-likeness (QED) is 0.793. The van der Waals surface area contributed by atoms with E-state index in [4.69, 9.17) is 4.74 Å². The van der Waals surface area contributed by atoms with E-state index in [0.29, 0.717) is 5.92 Å². The second kappa shape index (κ2) is 3.91. The van der Waals surface area contributed by atoms with Crippen molar-refractivity contribution in [2.45, 2.75) is 20.3 Å². The fourth-order valence-electron chi connectivity index (χ4n) is 1.63. The van der Waals surface area contributed by atoms with E-state index in [9.17, 15) is 0 Å². The van der Waals surface area contributed by atoms with Gasteiger partial charge in [-0.2, -0.15) is 0 Å². The highest BCUT2D eigenvalue weighted by Crippen LogP contribution is 2.26. The van der Waals surface area contributed by atoms with Crippen molar-refractivity contribution < 1.29 is 4.74 Å². The van der Waals surface area contributed by atoms with Crippen LogP contribution in [0.2, 0.25) is 0 Å². The van der Waals surface area contributed by atoms with Gasteiger partial charge in [-0.05, 0) is 36.1 Å². The van der Waals surface area contributed by atoms with Crippen molar-refractivity contribution in [3.63, 3.8) is 0 Å². The topological polar surface area (TPSA) is 21.3 Å². The monoisotopic (exact) mass is 191 g/mol. The Balaban J connectivity index is 2.05. The fourth-order valence-corrected chi connectivity index (χ4v) is 1.63. The van der Waals surface area contributed by atoms with Gasteiger partial charge in [0.25, 0.3) is 0 Å². The van der Waals surface area contributed by atoms with Gasteiger partial charge in [0.1, 0.15) is 5.75 Å². The van der Waals surface area contributed by atoms with Crippen LogP contribution >= 0.6 is 0 Å². The maximum Gasteiger partial charge on any atom is 0.119 e. The number of anilines is 1. The van der Waals surface area contributed by atoms with Crippen LogP contribution in [0, 0.1) is 5.92 Å². The summed E-state index contributed by atoms with van der Waals surface area (Å²) in [5.74, 6) is 1.59. The molecule has 0 aliphatic carbocycles. The maximum atomic E-state index is 5.66. The van der Waals surface area contributed by atoms with Crippen molar-refractivity contribution in [1.29, 1.82) is 0 Å². The van der Waals surface area contributed by atoms with Gasteiger partial charge >= 0.3 is 0 Å². The molecule has 0 fully saturated rings. The Hall–Kier alpha value is -1.18. The number of fused-ring (bicyclic) bond motifs is 1. The summed E-state index contributed by atoms with van der Waals surface area (Å²) in [6, 6.07) is 6.30. The molecule has 2 nitrogen and oxygen atoms in total. The van der Waals surface area contributed by atoms with Crippen LogP contribution in [-0.4, -0.2) is 13.2 Å². The van der Waals surface area contributed by atoms with Gasteiger partial charge in [-0.3, -0.25) is 0 Å². The summed E-state index contributed by atoms with van der Waals surface area (Å²) in [5, 5.41) is 3.34. The highest BCUT2D eigenvalue weighted by atomic mass is 16.5. The first kappa shape index (κ1) is 9.38. The van der Waals surface area contributed by atoms with Gasteiger partial charge in [-0.25, -0.2) is 0 Å². The number of ether oxygens (including phenoxy) is 1. The molecular weight excluding hydrogens is 174 g/mol. The van der Waals surface area contributed by atoms with E-state index in [1.807, 2.05) is 6.07 Å². The molecule has 0 spiro atoms. The minimum atomic E-state index is 0.585. The third kappa shape index (κ3) is 2.00. The molecule has 14 heavy (non-hydrogen) atoms. The second-order valence-electron chi connectivity index (χ2n) is 4.20. The van der Waals surface area contributed by atoms with Gasteiger partial charge in [-0.1, -0.05) is 13.8 Å². The molecule has 2 rings (SSSR count). The predicted octanol–water partition coefficient (Wildman–Crippen LogP) is 2.69. The summed E-state index contributed by atoms with van der Waals surface area (Å²) < 4.78 is 5.66. The van der Waals surface area contributed by atoms with Crippen molar-refractivity contribution in [1.82, 2.24) is 0 Å². The van der Waals surface area contributed by atoms with Crippen LogP contribution in [0.1, 0.15) is 19.4 Å². The third-order valence-electron chi connectivity index (χ3n) is 2.37. The van der Waals surface area contributed by atoms with E-state index in [1.54, 1.807) is 0 Å². The van der Waals surface area contributed by atoms with Crippen LogP contribution in [-0.2, 0) is 6.42 Å². The molecule has 1 heterocycles. The van der Waals surface area contributed by atoms with E-state index >= 15 is 0 Å². The number of hydrogen-bond acceptors (Lipinski definition) is 2. The highest BCUT2D eigenvalue weighted by molar-refractivity contribution is 5.57. The Labute approximate surface area is 85.3 Å². The number of rotatable bonds is 3. The predicted molar refractivity (Wildman–Crippen MR) is 59.0 cm³/mol. The fraction of sp³-hybridized carbons (Fsp3) is 0.500. The molecule has 0 saturated carbocycles. The summed E-state index contributed by atoms with van der Waals surface area (Å²) in [5.41, 5.74) is 2.65. The van der Waals surface area contributed by atoms with Crippen LogP contribution in [0.3, 0.4) is 0 Å². The zero-order valence-corrected chi connectivity index (χ0v) is 8.84. The number of nitrogens with one attached hydrogen (secondary N) is 1. The van der Waals surface area contributed by atoms with E-state index in [1.165, 1.54) is 11.3 Å². The first-order valence-corrected chi connectivity index (χ1v) is 5.25. The van der Waals surface area contributed by atoms with Crippen molar-refractivity contribution in [2.75, 3.05) is 18.5 Å². The van der Waals surface area contributed by atoms with Crippen LogP contribution in [0.4, 0.5) is 5.69 Å². The Morgan fingerprint density at radius 2 is 2.29 bits per heavy atom. The van der Waals surface area contributed by atoms with E-state index in [-0.39, 0.29) is 0 Å². The lowest BCUT2D eigenvalue weighted by Gasteiger charge is -2.09. The normalized spacial score (nSPS) is 13.9. The molecule has 0 bridgehead atoms. The van der Waals surface area contributed by atoms with Gasteiger partial charge in [0.2, 0.25) is 0 Å². The lowest BCUT2D eigenvalue weighted by molar-refractivity contribution is 0.271. The average molecular weight is 191 g/mol. The lowest BCUT2D eigenvalue weighted by Crippen LogP contribution is -2.04. The molecule has 76 valence electrons. The van der Waals surface area contributed by atoms with Gasteiger partial charge < -0.3 is 10.1 Å². The number of benzene rings is 1. The SMILES string of the molecule is CC(C)COc1ccc2c(c1)CCN2. The van der Waals surface area contributed by atoms with Crippen LogP contribution in [0.25, 0.3) is 0 Å². The lowest BCUT2D eigenvalue weighted by atomic mass is 10.1. The zero-order chi connectivity index (χ0) is 9.97. The first-order chi connectivity index (χ1) is 6.75. The van der Waals surface area contributed by atoms with E-state index < -0.39 is 0 Å². The zero-order valence-electron chi connectivity index (χ0n) is 8.84. The summed E-state index contributed by atoms with van der Waals surface area (Å²) in [6.45, 7) is 6.18. The average Bonchev–Trinajstić information content (AvgIpc) is 2.61. The molecule has 1 aliphatic rings. The van der Waals surface area contributed by atoms with E-state index in [2.05, 4.69) is 31.3 Å². The van der Waals surface area contributed by atoms with Crippen molar-refractivity contribution in [2.24, 2.45) is 5.92 Å². The summed E-state index contributed by atoms with van der Waals surface area (Å²) in [7, 11) is 0. The Bertz CT molecular complexity index is 320. The molecule has 0 saturated heterocycles. The molecule has 0 amide bonds. The van der Waals surface area contributed by atoms with Crippen molar-refractivity contribution >= 4 is 5.69 Å². The minimum absolute atomic E-state index is 0.585. The summed E-state index contributed by atoms with van der Waals surface area (Å²) >= 11 is 0. The molecule has 1 aliphatic heterocycles.